The van der Waals surface area contributed by atoms with Crippen LogP contribution in [0.2, 0.25) is 0 Å². The predicted molar refractivity (Wildman–Crippen MR) is 70.0 cm³/mol. The van der Waals surface area contributed by atoms with Gasteiger partial charge in [-0.3, -0.25) is 0 Å². The van der Waals surface area contributed by atoms with E-state index in [1.54, 1.807) is 6.26 Å². The van der Waals surface area contributed by atoms with Crippen molar-refractivity contribution < 1.29 is 4.42 Å². The van der Waals surface area contributed by atoms with E-state index in [-0.39, 0.29) is 6.04 Å². The Morgan fingerprint density at radius 1 is 1.24 bits per heavy atom. The Morgan fingerprint density at radius 3 is 2.47 bits per heavy atom. The molecule has 3 nitrogen and oxygen atoms in total. The first kappa shape index (κ1) is 11.7. The number of hydrogen-bond donors (Lipinski definition) is 2. The van der Waals surface area contributed by atoms with Crippen molar-refractivity contribution >= 4 is 5.69 Å². The standard InChI is InChI=1S/C14H18N2O/c1-10-6-11(2)8-12(7-10)16-13(9-15)14-4-3-5-17-14/h3-8,13,16H,9,15H2,1-2H3. The highest BCUT2D eigenvalue weighted by molar-refractivity contribution is 5.49. The second kappa shape index (κ2) is 5.06. The van der Waals surface area contributed by atoms with Crippen LogP contribution in [0.5, 0.6) is 0 Å². The smallest absolute Gasteiger partial charge is 0.127 e. The molecular formula is C14H18N2O. The normalized spacial score (nSPS) is 12.4. The molecule has 0 aliphatic rings. The summed E-state index contributed by atoms with van der Waals surface area (Å²) in [5.41, 5.74) is 9.32. The van der Waals surface area contributed by atoms with E-state index in [0.29, 0.717) is 6.54 Å². The van der Waals surface area contributed by atoms with Gasteiger partial charge in [0.15, 0.2) is 0 Å². The Morgan fingerprint density at radius 2 is 1.94 bits per heavy atom. The van der Waals surface area contributed by atoms with Gasteiger partial charge in [0.2, 0.25) is 0 Å². The monoisotopic (exact) mass is 230 g/mol. The molecule has 1 aromatic heterocycles. The van der Waals surface area contributed by atoms with Gasteiger partial charge in [0.1, 0.15) is 5.76 Å². The van der Waals surface area contributed by atoms with Gasteiger partial charge in [0.25, 0.3) is 0 Å². The second-order valence-electron chi connectivity index (χ2n) is 4.32. The molecule has 0 saturated carbocycles. The minimum atomic E-state index is 0.0196. The fourth-order valence-electron chi connectivity index (χ4n) is 1.99. The Kier molecular flexibility index (Phi) is 3.49. The van der Waals surface area contributed by atoms with Crippen molar-refractivity contribution in [1.82, 2.24) is 0 Å². The molecular weight excluding hydrogens is 212 g/mol. The third-order valence-electron chi connectivity index (χ3n) is 2.68. The lowest BCUT2D eigenvalue weighted by Gasteiger charge is -2.16. The highest BCUT2D eigenvalue weighted by Crippen LogP contribution is 2.21. The van der Waals surface area contributed by atoms with Gasteiger partial charge in [-0.1, -0.05) is 6.07 Å². The molecule has 0 saturated heterocycles. The fourth-order valence-corrected chi connectivity index (χ4v) is 1.99. The maximum atomic E-state index is 5.77. The predicted octanol–water partition coefficient (Wildman–Crippen LogP) is 3.01. The van der Waals surface area contributed by atoms with Crippen LogP contribution >= 0.6 is 0 Å². The fraction of sp³-hybridized carbons (Fsp3) is 0.286. The zero-order valence-electron chi connectivity index (χ0n) is 10.2. The molecule has 90 valence electrons. The molecule has 3 heteroatoms. The highest BCUT2D eigenvalue weighted by Gasteiger charge is 2.12. The van der Waals surface area contributed by atoms with E-state index in [0.717, 1.165) is 11.4 Å². The molecule has 0 amide bonds. The summed E-state index contributed by atoms with van der Waals surface area (Å²) in [6.07, 6.45) is 1.67. The zero-order chi connectivity index (χ0) is 12.3. The summed E-state index contributed by atoms with van der Waals surface area (Å²) in [4.78, 5) is 0. The van der Waals surface area contributed by atoms with Crippen LogP contribution < -0.4 is 11.1 Å². The third-order valence-corrected chi connectivity index (χ3v) is 2.68. The molecule has 3 N–H and O–H groups in total. The van der Waals surface area contributed by atoms with E-state index in [1.165, 1.54) is 11.1 Å². The van der Waals surface area contributed by atoms with E-state index < -0.39 is 0 Å². The molecule has 1 atom stereocenters. The molecule has 2 aromatic rings. The number of furan rings is 1. The van der Waals surface area contributed by atoms with Crippen LogP contribution in [0.3, 0.4) is 0 Å². The minimum Gasteiger partial charge on any atom is -0.467 e. The van der Waals surface area contributed by atoms with Gasteiger partial charge < -0.3 is 15.5 Å². The largest absolute Gasteiger partial charge is 0.467 e. The van der Waals surface area contributed by atoms with Crippen LogP contribution in [0, 0.1) is 13.8 Å². The van der Waals surface area contributed by atoms with Crippen molar-refractivity contribution in [2.24, 2.45) is 5.73 Å². The van der Waals surface area contributed by atoms with Crippen molar-refractivity contribution in [2.45, 2.75) is 19.9 Å². The summed E-state index contributed by atoms with van der Waals surface area (Å²) in [7, 11) is 0. The van der Waals surface area contributed by atoms with Crippen molar-refractivity contribution in [3.8, 4) is 0 Å². The molecule has 1 unspecified atom stereocenters. The lowest BCUT2D eigenvalue weighted by atomic mass is 10.1. The van der Waals surface area contributed by atoms with Gasteiger partial charge in [-0.2, -0.15) is 0 Å². The van der Waals surface area contributed by atoms with E-state index >= 15 is 0 Å². The Labute approximate surface area is 102 Å². The van der Waals surface area contributed by atoms with Crippen molar-refractivity contribution in [1.29, 1.82) is 0 Å². The van der Waals surface area contributed by atoms with Gasteiger partial charge in [0.05, 0.1) is 12.3 Å². The number of nitrogens with two attached hydrogens (primary N) is 1. The molecule has 0 aliphatic carbocycles. The first-order valence-corrected chi connectivity index (χ1v) is 5.77. The van der Waals surface area contributed by atoms with E-state index in [1.807, 2.05) is 12.1 Å². The number of nitrogens with one attached hydrogen (secondary N) is 1. The Bertz CT molecular complexity index is 457. The SMILES string of the molecule is Cc1cc(C)cc(NC(CN)c2ccco2)c1. The molecule has 1 heterocycles. The van der Waals surface area contributed by atoms with Crippen LogP contribution in [0.1, 0.15) is 22.9 Å². The maximum absolute atomic E-state index is 5.77. The summed E-state index contributed by atoms with van der Waals surface area (Å²) >= 11 is 0. The molecule has 2 rings (SSSR count). The van der Waals surface area contributed by atoms with Crippen LogP contribution in [0.15, 0.2) is 41.0 Å². The van der Waals surface area contributed by atoms with Crippen LogP contribution in [-0.4, -0.2) is 6.54 Å². The first-order valence-electron chi connectivity index (χ1n) is 5.77. The summed E-state index contributed by atoms with van der Waals surface area (Å²) in [6.45, 7) is 4.67. The molecule has 0 fully saturated rings. The Hall–Kier alpha value is -1.74. The molecule has 0 aliphatic heterocycles. The zero-order valence-corrected chi connectivity index (χ0v) is 10.2. The van der Waals surface area contributed by atoms with Crippen LogP contribution in [0.4, 0.5) is 5.69 Å². The minimum absolute atomic E-state index is 0.0196. The summed E-state index contributed by atoms with van der Waals surface area (Å²) in [5.74, 6) is 0.867. The highest BCUT2D eigenvalue weighted by atomic mass is 16.3. The van der Waals surface area contributed by atoms with E-state index in [4.69, 9.17) is 10.2 Å². The quantitative estimate of drug-likeness (QED) is 0.849. The summed E-state index contributed by atoms with van der Waals surface area (Å²) in [5, 5.41) is 3.39. The molecule has 17 heavy (non-hydrogen) atoms. The molecule has 0 bridgehead atoms. The summed E-state index contributed by atoms with van der Waals surface area (Å²) < 4.78 is 5.38. The topological polar surface area (TPSA) is 51.2 Å². The number of hydrogen-bond acceptors (Lipinski definition) is 3. The number of aryl methyl sites for hydroxylation is 2. The van der Waals surface area contributed by atoms with Gasteiger partial charge in [-0.05, 0) is 49.2 Å². The average Bonchev–Trinajstić information content (AvgIpc) is 2.77. The molecule has 0 radical (unpaired) electrons. The first-order chi connectivity index (χ1) is 8.19. The lowest BCUT2D eigenvalue weighted by molar-refractivity contribution is 0.481. The van der Waals surface area contributed by atoms with E-state index in [9.17, 15) is 0 Å². The molecule has 1 aromatic carbocycles. The van der Waals surface area contributed by atoms with Crippen molar-refractivity contribution in [2.75, 3.05) is 11.9 Å². The van der Waals surface area contributed by atoms with Crippen LogP contribution in [-0.2, 0) is 0 Å². The lowest BCUT2D eigenvalue weighted by Crippen LogP contribution is -2.20. The van der Waals surface area contributed by atoms with E-state index in [2.05, 4.69) is 37.4 Å². The van der Waals surface area contributed by atoms with Gasteiger partial charge in [-0.25, -0.2) is 0 Å². The molecule has 0 spiro atoms. The number of anilines is 1. The maximum Gasteiger partial charge on any atom is 0.127 e. The van der Waals surface area contributed by atoms with Crippen molar-refractivity contribution in [3.05, 3.63) is 53.5 Å². The second-order valence-corrected chi connectivity index (χ2v) is 4.32. The average molecular weight is 230 g/mol. The Balaban J connectivity index is 2.18. The van der Waals surface area contributed by atoms with Crippen molar-refractivity contribution in [3.63, 3.8) is 0 Å². The number of rotatable bonds is 4. The number of benzene rings is 1. The summed E-state index contributed by atoms with van der Waals surface area (Å²) in [6, 6.07) is 10.2. The van der Waals surface area contributed by atoms with Gasteiger partial charge >= 0.3 is 0 Å². The van der Waals surface area contributed by atoms with Gasteiger partial charge in [-0.15, -0.1) is 0 Å². The van der Waals surface area contributed by atoms with Gasteiger partial charge in [0, 0.05) is 12.2 Å². The van der Waals surface area contributed by atoms with Crippen LogP contribution in [0.25, 0.3) is 0 Å². The third kappa shape index (κ3) is 2.88.